The summed E-state index contributed by atoms with van der Waals surface area (Å²) in [6, 6.07) is 0. The van der Waals surface area contributed by atoms with Gasteiger partial charge in [0.2, 0.25) is 0 Å². The zero-order valence-electron chi connectivity index (χ0n) is 13.2. The van der Waals surface area contributed by atoms with Crippen LogP contribution >= 0.6 is 0 Å². The Balaban J connectivity index is 1.66. The number of nitrogens with two attached hydrogens (primary N) is 1. The summed E-state index contributed by atoms with van der Waals surface area (Å²) in [6.07, 6.45) is 11.2. The lowest BCUT2D eigenvalue weighted by Gasteiger charge is -2.48. The van der Waals surface area contributed by atoms with Crippen molar-refractivity contribution in [1.82, 2.24) is 9.80 Å². The fraction of sp³-hybridized carbons (Fsp3) is 0.938. The lowest BCUT2D eigenvalue weighted by Crippen LogP contribution is -2.56. The van der Waals surface area contributed by atoms with E-state index in [2.05, 4.69) is 28.9 Å². The van der Waals surface area contributed by atoms with Crippen molar-refractivity contribution < 1.29 is 0 Å². The summed E-state index contributed by atoms with van der Waals surface area (Å²) in [5.41, 5.74) is 7.12. The molecule has 0 aromatic heterocycles. The molecule has 4 heteroatoms. The Bertz CT molecular complexity index is 372. The van der Waals surface area contributed by atoms with Crippen LogP contribution in [0.25, 0.3) is 0 Å². The lowest BCUT2D eigenvalue weighted by atomic mass is 9.66. The lowest BCUT2D eigenvalue weighted by molar-refractivity contribution is 0.0641. The number of aliphatic imine (C=N–C) groups is 1. The summed E-state index contributed by atoms with van der Waals surface area (Å²) in [7, 11) is 4.26. The van der Waals surface area contributed by atoms with E-state index in [4.69, 9.17) is 5.73 Å². The van der Waals surface area contributed by atoms with Crippen LogP contribution in [0.3, 0.4) is 0 Å². The minimum atomic E-state index is 0.258. The first-order chi connectivity index (χ1) is 9.55. The van der Waals surface area contributed by atoms with Crippen LogP contribution < -0.4 is 5.73 Å². The van der Waals surface area contributed by atoms with E-state index in [0.29, 0.717) is 5.41 Å². The number of likely N-dealkylation sites (N-methyl/N-ethyl adjacent to an activating group) is 1. The van der Waals surface area contributed by atoms with Crippen molar-refractivity contribution in [2.45, 2.75) is 56.9 Å². The second kappa shape index (κ2) is 5.21. The molecule has 4 nitrogen and oxygen atoms in total. The molecular formula is C16H30N4. The molecule has 2 fully saturated rings. The molecule has 0 unspecified atom stereocenters. The summed E-state index contributed by atoms with van der Waals surface area (Å²) in [6.45, 7) is 3.01. The zero-order valence-corrected chi connectivity index (χ0v) is 13.2. The number of nitrogens with zero attached hydrogens (tertiary/aromatic N) is 3. The van der Waals surface area contributed by atoms with E-state index in [1.54, 1.807) is 0 Å². The van der Waals surface area contributed by atoms with E-state index in [1.807, 2.05) is 0 Å². The van der Waals surface area contributed by atoms with Gasteiger partial charge in [-0.1, -0.05) is 12.8 Å². The van der Waals surface area contributed by atoms with Gasteiger partial charge in [0.1, 0.15) is 0 Å². The van der Waals surface area contributed by atoms with E-state index < -0.39 is 0 Å². The third kappa shape index (κ3) is 2.43. The smallest absolute Gasteiger partial charge is 0.191 e. The van der Waals surface area contributed by atoms with Gasteiger partial charge in [-0.3, -0.25) is 4.99 Å². The van der Waals surface area contributed by atoms with E-state index >= 15 is 0 Å². The molecule has 2 N–H and O–H groups in total. The molecular weight excluding hydrogens is 248 g/mol. The maximum atomic E-state index is 6.17. The highest BCUT2D eigenvalue weighted by atomic mass is 15.4. The Hall–Kier alpha value is -0.770. The molecule has 0 atom stereocenters. The largest absolute Gasteiger partial charge is 0.370 e. The predicted molar refractivity (Wildman–Crippen MR) is 83.8 cm³/mol. The van der Waals surface area contributed by atoms with Gasteiger partial charge >= 0.3 is 0 Å². The maximum Gasteiger partial charge on any atom is 0.191 e. The van der Waals surface area contributed by atoms with Gasteiger partial charge in [-0.25, -0.2) is 0 Å². The highest BCUT2D eigenvalue weighted by molar-refractivity contribution is 5.81. The van der Waals surface area contributed by atoms with Gasteiger partial charge in [-0.15, -0.1) is 0 Å². The van der Waals surface area contributed by atoms with Gasteiger partial charge < -0.3 is 15.5 Å². The van der Waals surface area contributed by atoms with E-state index in [1.165, 1.54) is 51.4 Å². The standard InChI is InChI=1S/C16H30N4/c1-19(2)11-12-20-14(17)18-13-16(20)9-7-15(8-10-16)5-3-4-6-15/h3-13H2,1-2H3,(H2,17,18). The molecule has 3 rings (SSSR count). The minimum Gasteiger partial charge on any atom is -0.370 e. The molecule has 2 saturated carbocycles. The van der Waals surface area contributed by atoms with Gasteiger partial charge in [-0.05, 0) is 58.0 Å². The average molecular weight is 278 g/mol. The van der Waals surface area contributed by atoms with Crippen molar-refractivity contribution in [3.05, 3.63) is 0 Å². The van der Waals surface area contributed by atoms with Crippen molar-refractivity contribution in [3.63, 3.8) is 0 Å². The molecule has 0 amide bonds. The Kier molecular flexibility index (Phi) is 3.69. The fourth-order valence-electron chi connectivity index (χ4n) is 4.59. The Morgan fingerprint density at radius 1 is 1.10 bits per heavy atom. The van der Waals surface area contributed by atoms with Crippen molar-refractivity contribution in [2.24, 2.45) is 16.1 Å². The van der Waals surface area contributed by atoms with Crippen LogP contribution in [0.4, 0.5) is 0 Å². The van der Waals surface area contributed by atoms with Crippen LogP contribution in [-0.2, 0) is 0 Å². The second-order valence-electron chi connectivity index (χ2n) is 7.56. The molecule has 0 bridgehead atoms. The summed E-state index contributed by atoms with van der Waals surface area (Å²) in [4.78, 5) is 9.25. The Morgan fingerprint density at radius 2 is 1.75 bits per heavy atom. The minimum absolute atomic E-state index is 0.258. The molecule has 20 heavy (non-hydrogen) atoms. The third-order valence-electron chi connectivity index (χ3n) is 6.06. The summed E-state index contributed by atoms with van der Waals surface area (Å²) in [5.74, 6) is 0.786. The summed E-state index contributed by atoms with van der Waals surface area (Å²) >= 11 is 0. The van der Waals surface area contributed by atoms with Crippen LogP contribution in [0.5, 0.6) is 0 Å². The van der Waals surface area contributed by atoms with Crippen molar-refractivity contribution in [3.8, 4) is 0 Å². The first-order valence-electron chi connectivity index (χ1n) is 8.28. The van der Waals surface area contributed by atoms with Crippen LogP contribution in [-0.4, -0.2) is 55.0 Å². The fourth-order valence-corrected chi connectivity index (χ4v) is 4.59. The van der Waals surface area contributed by atoms with Gasteiger partial charge in [0, 0.05) is 13.1 Å². The molecule has 1 aliphatic heterocycles. The highest BCUT2D eigenvalue weighted by Crippen LogP contribution is 2.53. The second-order valence-corrected chi connectivity index (χ2v) is 7.56. The summed E-state index contributed by atoms with van der Waals surface area (Å²) < 4.78 is 0. The third-order valence-corrected chi connectivity index (χ3v) is 6.06. The van der Waals surface area contributed by atoms with Crippen molar-refractivity contribution in [1.29, 1.82) is 0 Å². The normalized spacial score (nSPS) is 27.8. The maximum absolute atomic E-state index is 6.17. The molecule has 0 radical (unpaired) electrons. The molecule has 0 saturated heterocycles. The predicted octanol–water partition coefficient (Wildman–Crippen LogP) is 2.05. The van der Waals surface area contributed by atoms with Crippen LogP contribution in [0.2, 0.25) is 0 Å². The average Bonchev–Trinajstić information content (AvgIpc) is 2.99. The highest BCUT2D eigenvalue weighted by Gasteiger charge is 2.49. The SMILES string of the molecule is CN(C)CCN1C(N)=NCC12CCC1(CCCC1)CC2. The van der Waals surface area contributed by atoms with Crippen LogP contribution in [0, 0.1) is 5.41 Å². The van der Waals surface area contributed by atoms with E-state index in [9.17, 15) is 0 Å². The van der Waals surface area contributed by atoms with Gasteiger partial charge in [0.25, 0.3) is 0 Å². The molecule has 0 aromatic carbocycles. The molecule has 3 aliphatic rings. The van der Waals surface area contributed by atoms with Crippen LogP contribution in [0.1, 0.15) is 51.4 Å². The first kappa shape index (κ1) is 14.2. The monoisotopic (exact) mass is 278 g/mol. The Morgan fingerprint density at radius 3 is 2.35 bits per heavy atom. The first-order valence-corrected chi connectivity index (χ1v) is 8.28. The number of rotatable bonds is 3. The number of guanidine groups is 1. The van der Waals surface area contributed by atoms with Crippen molar-refractivity contribution >= 4 is 5.96 Å². The number of hydrogen-bond acceptors (Lipinski definition) is 4. The summed E-state index contributed by atoms with van der Waals surface area (Å²) in [5, 5.41) is 0. The van der Waals surface area contributed by atoms with Crippen molar-refractivity contribution in [2.75, 3.05) is 33.7 Å². The van der Waals surface area contributed by atoms with E-state index in [0.717, 1.165) is 25.6 Å². The molecule has 0 aromatic rings. The molecule has 2 spiro atoms. The van der Waals surface area contributed by atoms with Gasteiger partial charge in [-0.2, -0.15) is 0 Å². The quantitative estimate of drug-likeness (QED) is 0.859. The van der Waals surface area contributed by atoms with Gasteiger partial charge in [0.05, 0.1) is 12.1 Å². The molecule has 1 heterocycles. The Labute approximate surface area is 123 Å². The van der Waals surface area contributed by atoms with Gasteiger partial charge in [0.15, 0.2) is 5.96 Å². The molecule has 2 aliphatic carbocycles. The van der Waals surface area contributed by atoms with Crippen LogP contribution in [0.15, 0.2) is 4.99 Å². The zero-order chi connectivity index (χ0) is 14.2. The topological polar surface area (TPSA) is 44.9 Å². The van der Waals surface area contributed by atoms with E-state index in [-0.39, 0.29) is 5.54 Å². The molecule has 114 valence electrons. The number of hydrogen-bond donors (Lipinski definition) is 1.